The van der Waals surface area contributed by atoms with Crippen LogP contribution in [0.3, 0.4) is 0 Å². The van der Waals surface area contributed by atoms with E-state index < -0.39 is 0 Å². The number of rotatable bonds is 12. The third-order valence-corrected chi connectivity index (χ3v) is 3.26. The fraction of sp³-hybridized carbons (Fsp3) is 0.778. The summed E-state index contributed by atoms with van der Waals surface area (Å²) in [6.07, 6.45) is 6.50. The standard InChI is InChI=1S/C18H32O4/c1-5-9-10-12-16(18(20)22-14-8-4)15(11-6-2)17(19)21-13-7-3/h5-14H2,1-4H3/b16-15-. The van der Waals surface area contributed by atoms with Crippen molar-refractivity contribution in [3.63, 3.8) is 0 Å². The van der Waals surface area contributed by atoms with Gasteiger partial charge in [0.1, 0.15) is 0 Å². The lowest BCUT2D eigenvalue weighted by atomic mass is 9.98. The zero-order valence-electron chi connectivity index (χ0n) is 14.7. The van der Waals surface area contributed by atoms with Crippen molar-refractivity contribution in [3.8, 4) is 0 Å². The molecular formula is C18H32O4. The quantitative estimate of drug-likeness (QED) is 0.301. The van der Waals surface area contributed by atoms with Gasteiger partial charge in [-0.1, -0.05) is 47.0 Å². The Hall–Kier alpha value is -1.32. The molecule has 0 saturated carbocycles. The molecule has 0 aliphatic rings. The van der Waals surface area contributed by atoms with Crippen LogP contribution in [0, 0.1) is 0 Å². The normalized spacial score (nSPS) is 11.8. The van der Waals surface area contributed by atoms with Crippen LogP contribution in [0.4, 0.5) is 0 Å². The predicted octanol–water partition coefficient (Wildman–Crippen LogP) is 4.57. The van der Waals surface area contributed by atoms with Crippen molar-refractivity contribution >= 4 is 11.9 Å². The molecule has 0 rings (SSSR count). The van der Waals surface area contributed by atoms with Gasteiger partial charge in [-0.05, 0) is 32.1 Å². The van der Waals surface area contributed by atoms with Crippen LogP contribution in [0.2, 0.25) is 0 Å². The zero-order chi connectivity index (χ0) is 16.8. The summed E-state index contributed by atoms with van der Waals surface area (Å²) in [5.41, 5.74) is 1.03. The minimum Gasteiger partial charge on any atom is -0.462 e. The molecule has 0 amide bonds. The van der Waals surface area contributed by atoms with Gasteiger partial charge in [-0.2, -0.15) is 0 Å². The zero-order valence-corrected chi connectivity index (χ0v) is 14.7. The Morgan fingerprint density at radius 3 is 1.55 bits per heavy atom. The van der Waals surface area contributed by atoms with Crippen molar-refractivity contribution < 1.29 is 19.1 Å². The Bertz CT molecular complexity index is 358. The van der Waals surface area contributed by atoms with Crippen molar-refractivity contribution in [1.29, 1.82) is 0 Å². The average Bonchev–Trinajstić information content (AvgIpc) is 2.52. The second-order valence-corrected chi connectivity index (χ2v) is 5.44. The summed E-state index contributed by atoms with van der Waals surface area (Å²) in [5, 5.41) is 0. The van der Waals surface area contributed by atoms with Crippen LogP contribution in [0.15, 0.2) is 11.1 Å². The van der Waals surface area contributed by atoms with E-state index in [1.165, 1.54) is 0 Å². The molecule has 128 valence electrons. The molecule has 0 atom stereocenters. The summed E-state index contributed by atoms with van der Waals surface area (Å²) in [7, 11) is 0. The Balaban J connectivity index is 5.24. The molecule has 0 radical (unpaired) electrons. The number of unbranched alkanes of at least 4 members (excludes halogenated alkanes) is 2. The van der Waals surface area contributed by atoms with Crippen molar-refractivity contribution in [1.82, 2.24) is 0 Å². The van der Waals surface area contributed by atoms with Gasteiger partial charge >= 0.3 is 11.9 Å². The van der Waals surface area contributed by atoms with E-state index in [2.05, 4.69) is 6.92 Å². The Morgan fingerprint density at radius 1 is 0.636 bits per heavy atom. The number of carbonyl (C=O) groups excluding carboxylic acids is 2. The monoisotopic (exact) mass is 312 g/mol. The highest BCUT2D eigenvalue weighted by atomic mass is 16.5. The van der Waals surface area contributed by atoms with E-state index in [0.29, 0.717) is 37.2 Å². The van der Waals surface area contributed by atoms with Gasteiger partial charge in [0, 0.05) is 11.1 Å². The second-order valence-electron chi connectivity index (χ2n) is 5.44. The number of hydrogen-bond donors (Lipinski definition) is 0. The van der Waals surface area contributed by atoms with Gasteiger partial charge < -0.3 is 9.47 Å². The lowest BCUT2D eigenvalue weighted by Crippen LogP contribution is -2.17. The smallest absolute Gasteiger partial charge is 0.334 e. The highest BCUT2D eigenvalue weighted by Crippen LogP contribution is 2.21. The molecule has 0 aromatic heterocycles. The van der Waals surface area contributed by atoms with Crippen LogP contribution < -0.4 is 0 Å². The van der Waals surface area contributed by atoms with Crippen LogP contribution in [0.25, 0.3) is 0 Å². The molecule has 0 aliphatic heterocycles. The molecule has 0 bridgehead atoms. The third-order valence-electron chi connectivity index (χ3n) is 3.26. The van der Waals surface area contributed by atoms with E-state index in [4.69, 9.17) is 9.47 Å². The SMILES string of the molecule is CCCCC/C(C(=O)OCCC)=C(\CCC)C(=O)OCCC. The lowest BCUT2D eigenvalue weighted by Gasteiger charge is -2.14. The molecule has 0 unspecified atom stereocenters. The van der Waals surface area contributed by atoms with Gasteiger partial charge in [-0.3, -0.25) is 0 Å². The number of carbonyl (C=O) groups is 2. The van der Waals surface area contributed by atoms with E-state index in [1.807, 2.05) is 20.8 Å². The maximum absolute atomic E-state index is 12.3. The molecule has 0 aliphatic carbocycles. The van der Waals surface area contributed by atoms with E-state index >= 15 is 0 Å². The molecule has 4 heteroatoms. The van der Waals surface area contributed by atoms with E-state index in [0.717, 1.165) is 38.5 Å². The largest absolute Gasteiger partial charge is 0.462 e. The van der Waals surface area contributed by atoms with Gasteiger partial charge in [0.05, 0.1) is 13.2 Å². The molecule has 0 heterocycles. The first-order valence-corrected chi connectivity index (χ1v) is 8.68. The van der Waals surface area contributed by atoms with Gasteiger partial charge in [0.25, 0.3) is 0 Å². The predicted molar refractivity (Wildman–Crippen MR) is 88.6 cm³/mol. The molecule has 22 heavy (non-hydrogen) atoms. The molecule has 0 saturated heterocycles. The van der Waals surface area contributed by atoms with Crippen LogP contribution >= 0.6 is 0 Å². The van der Waals surface area contributed by atoms with Crippen LogP contribution in [-0.4, -0.2) is 25.2 Å². The highest BCUT2D eigenvalue weighted by Gasteiger charge is 2.22. The van der Waals surface area contributed by atoms with Crippen LogP contribution in [-0.2, 0) is 19.1 Å². The Kier molecular flexibility index (Phi) is 12.5. The molecule has 0 aromatic rings. The first-order chi connectivity index (χ1) is 10.6. The first kappa shape index (κ1) is 20.7. The Morgan fingerprint density at radius 2 is 1.14 bits per heavy atom. The fourth-order valence-electron chi connectivity index (χ4n) is 2.12. The number of ether oxygens (including phenoxy) is 2. The van der Waals surface area contributed by atoms with Gasteiger partial charge in [-0.25, -0.2) is 9.59 Å². The maximum Gasteiger partial charge on any atom is 0.334 e. The summed E-state index contributed by atoms with van der Waals surface area (Å²) in [4.78, 5) is 24.6. The molecule has 4 nitrogen and oxygen atoms in total. The summed E-state index contributed by atoms with van der Waals surface area (Å²) in [5.74, 6) is -0.710. The molecule has 0 N–H and O–H groups in total. The fourth-order valence-corrected chi connectivity index (χ4v) is 2.12. The maximum atomic E-state index is 12.3. The molecule has 0 spiro atoms. The van der Waals surface area contributed by atoms with E-state index in [1.54, 1.807) is 0 Å². The Labute approximate surface area is 135 Å². The van der Waals surface area contributed by atoms with Crippen molar-refractivity contribution in [3.05, 3.63) is 11.1 Å². The summed E-state index contributed by atoms with van der Waals surface area (Å²) in [6.45, 7) is 8.79. The first-order valence-electron chi connectivity index (χ1n) is 8.68. The van der Waals surface area contributed by atoms with Gasteiger partial charge in [0.15, 0.2) is 0 Å². The molecule has 0 fully saturated rings. The summed E-state index contributed by atoms with van der Waals surface area (Å²) in [6, 6.07) is 0. The molecule has 0 aromatic carbocycles. The van der Waals surface area contributed by atoms with Gasteiger partial charge in [0.2, 0.25) is 0 Å². The highest BCUT2D eigenvalue weighted by molar-refractivity contribution is 6.00. The minimum absolute atomic E-state index is 0.352. The summed E-state index contributed by atoms with van der Waals surface area (Å²) < 4.78 is 10.5. The lowest BCUT2D eigenvalue weighted by molar-refractivity contribution is -0.142. The van der Waals surface area contributed by atoms with Crippen molar-refractivity contribution in [2.75, 3.05) is 13.2 Å². The summed E-state index contributed by atoms with van der Waals surface area (Å²) >= 11 is 0. The van der Waals surface area contributed by atoms with Crippen LogP contribution in [0.5, 0.6) is 0 Å². The van der Waals surface area contributed by atoms with Crippen molar-refractivity contribution in [2.45, 2.75) is 79.1 Å². The molecular weight excluding hydrogens is 280 g/mol. The topological polar surface area (TPSA) is 52.6 Å². The second kappa shape index (κ2) is 13.4. The van der Waals surface area contributed by atoms with E-state index in [9.17, 15) is 9.59 Å². The number of hydrogen-bond acceptors (Lipinski definition) is 4. The number of esters is 2. The third kappa shape index (κ3) is 8.20. The minimum atomic E-state index is -0.358. The van der Waals surface area contributed by atoms with Gasteiger partial charge in [-0.15, -0.1) is 0 Å². The average molecular weight is 312 g/mol. The van der Waals surface area contributed by atoms with E-state index in [-0.39, 0.29) is 11.9 Å². The van der Waals surface area contributed by atoms with Crippen LogP contribution in [0.1, 0.15) is 79.1 Å². The van der Waals surface area contributed by atoms with Crippen molar-refractivity contribution in [2.24, 2.45) is 0 Å².